The first kappa shape index (κ1) is 18.7. The highest BCUT2D eigenvalue weighted by atomic mass is 16.6. The molecule has 3 atom stereocenters. The number of hydrogen-bond acceptors (Lipinski definition) is 5. The Hall–Kier alpha value is -1.34. The predicted octanol–water partition coefficient (Wildman–Crippen LogP) is 1.42. The van der Waals surface area contributed by atoms with Crippen LogP contribution in [0.5, 0.6) is 0 Å². The molecule has 0 aromatic carbocycles. The molecule has 7 nitrogen and oxygen atoms in total. The van der Waals surface area contributed by atoms with E-state index in [1.165, 1.54) is 12.8 Å². The number of nitrogens with zero attached hydrogens (tertiary/aromatic N) is 3. The first-order valence-corrected chi connectivity index (χ1v) is 11.1. The van der Waals surface area contributed by atoms with E-state index < -0.39 is 0 Å². The van der Waals surface area contributed by atoms with Gasteiger partial charge < -0.3 is 19.3 Å². The van der Waals surface area contributed by atoms with Gasteiger partial charge in [0.1, 0.15) is 0 Å². The quantitative estimate of drug-likeness (QED) is 0.728. The fourth-order valence-electron chi connectivity index (χ4n) is 6.24. The van der Waals surface area contributed by atoms with Gasteiger partial charge in [-0.3, -0.25) is 9.69 Å². The Balaban J connectivity index is 1.08. The molecule has 2 aliphatic carbocycles. The highest BCUT2D eigenvalue weighted by Gasteiger charge is 2.62. The fraction of sp³-hybridized carbons (Fsp3) is 0.905. The van der Waals surface area contributed by atoms with Gasteiger partial charge in [0.15, 0.2) is 0 Å². The Labute approximate surface area is 167 Å². The lowest BCUT2D eigenvalue weighted by molar-refractivity contribution is -0.133. The molecular formula is C21H33N3O4. The number of rotatable bonds is 3. The molecule has 3 aliphatic heterocycles. The molecule has 0 aromatic heterocycles. The zero-order valence-electron chi connectivity index (χ0n) is 17.0. The summed E-state index contributed by atoms with van der Waals surface area (Å²) in [7, 11) is 0. The van der Waals surface area contributed by atoms with Crippen LogP contribution in [0.3, 0.4) is 0 Å². The minimum absolute atomic E-state index is 0.148. The summed E-state index contributed by atoms with van der Waals surface area (Å²) in [5.41, 5.74) is 0.325. The van der Waals surface area contributed by atoms with Crippen molar-refractivity contribution in [1.29, 1.82) is 0 Å². The molecule has 0 radical (unpaired) electrons. The maximum atomic E-state index is 12.8. The van der Waals surface area contributed by atoms with Crippen molar-refractivity contribution >= 4 is 12.0 Å². The SMILES string of the molecule is CCOC(=O)N1CCC2(CC(N3C[C@@H]4[C@H](C3)[C@H]4C(=O)N3CCCOCC3)C2)C1. The summed E-state index contributed by atoms with van der Waals surface area (Å²) in [6, 6.07) is 0.650. The minimum atomic E-state index is -0.148. The smallest absolute Gasteiger partial charge is 0.409 e. The molecule has 5 rings (SSSR count). The van der Waals surface area contributed by atoms with E-state index in [4.69, 9.17) is 9.47 Å². The lowest BCUT2D eigenvalue weighted by atomic mass is 9.64. The molecule has 0 N–H and O–H groups in total. The zero-order chi connectivity index (χ0) is 19.3. The molecule has 5 fully saturated rings. The Kier molecular flexibility index (Phi) is 4.78. The maximum Gasteiger partial charge on any atom is 0.409 e. The summed E-state index contributed by atoms with van der Waals surface area (Å²) in [5, 5.41) is 0. The molecule has 2 amide bonds. The number of hydrogen-bond donors (Lipinski definition) is 0. The topological polar surface area (TPSA) is 62.3 Å². The molecule has 156 valence electrons. The maximum absolute atomic E-state index is 12.8. The van der Waals surface area contributed by atoms with Gasteiger partial charge >= 0.3 is 6.09 Å². The van der Waals surface area contributed by atoms with Gasteiger partial charge in [-0.2, -0.15) is 0 Å². The first-order valence-electron chi connectivity index (χ1n) is 11.1. The molecule has 0 aromatic rings. The number of ether oxygens (including phenoxy) is 2. The highest BCUT2D eigenvalue weighted by Crippen LogP contribution is 2.57. The van der Waals surface area contributed by atoms with E-state index in [9.17, 15) is 9.59 Å². The number of fused-ring (bicyclic) bond motifs is 1. The van der Waals surface area contributed by atoms with Crippen LogP contribution < -0.4 is 0 Å². The Morgan fingerprint density at radius 3 is 2.61 bits per heavy atom. The van der Waals surface area contributed by atoms with Crippen molar-refractivity contribution < 1.29 is 19.1 Å². The molecule has 7 heteroatoms. The number of carbonyl (C=O) groups is 2. The van der Waals surface area contributed by atoms with Crippen molar-refractivity contribution in [3.8, 4) is 0 Å². The first-order chi connectivity index (χ1) is 13.6. The Morgan fingerprint density at radius 1 is 1.07 bits per heavy atom. The van der Waals surface area contributed by atoms with Crippen LogP contribution in [0, 0.1) is 23.2 Å². The van der Waals surface area contributed by atoms with E-state index >= 15 is 0 Å². The summed E-state index contributed by atoms with van der Waals surface area (Å²) in [4.78, 5) is 31.4. The summed E-state index contributed by atoms with van der Waals surface area (Å²) in [6.07, 6.45) is 4.33. The van der Waals surface area contributed by atoms with Crippen molar-refractivity contribution in [3.63, 3.8) is 0 Å². The number of carbonyl (C=O) groups excluding carboxylic acids is 2. The second-order valence-corrected chi connectivity index (χ2v) is 9.53. The van der Waals surface area contributed by atoms with Gasteiger partial charge in [-0.15, -0.1) is 0 Å². The van der Waals surface area contributed by atoms with E-state index in [-0.39, 0.29) is 12.0 Å². The zero-order valence-corrected chi connectivity index (χ0v) is 17.0. The predicted molar refractivity (Wildman–Crippen MR) is 103 cm³/mol. The average molecular weight is 392 g/mol. The highest BCUT2D eigenvalue weighted by molar-refractivity contribution is 5.82. The van der Waals surface area contributed by atoms with Crippen molar-refractivity contribution in [2.45, 2.75) is 38.6 Å². The van der Waals surface area contributed by atoms with Crippen LogP contribution >= 0.6 is 0 Å². The number of likely N-dealkylation sites (tertiary alicyclic amines) is 2. The van der Waals surface area contributed by atoms with Gasteiger partial charge in [-0.05, 0) is 49.9 Å². The molecule has 3 saturated heterocycles. The van der Waals surface area contributed by atoms with E-state index in [1.54, 1.807) is 0 Å². The Morgan fingerprint density at radius 2 is 1.86 bits per heavy atom. The minimum Gasteiger partial charge on any atom is -0.450 e. The molecular weight excluding hydrogens is 358 g/mol. The van der Waals surface area contributed by atoms with E-state index in [0.717, 1.165) is 58.7 Å². The summed E-state index contributed by atoms with van der Waals surface area (Å²) < 4.78 is 10.6. The van der Waals surface area contributed by atoms with Gasteiger partial charge in [0.2, 0.25) is 5.91 Å². The van der Waals surface area contributed by atoms with Crippen LogP contribution in [0.2, 0.25) is 0 Å². The summed E-state index contributed by atoms with van der Waals surface area (Å²) >= 11 is 0. The van der Waals surface area contributed by atoms with Crippen LogP contribution in [0.15, 0.2) is 0 Å². The number of piperidine rings is 1. The van der Waals surface area contributed by atoms with Gasteiger partial charge in [0.25, 0.3) is 0 Å². The molecule has 0 unspecified atom stereocenters. The van der Waals surface area contributed by atoms with Crippen LogP contribution in [0.25, 0.3) is 0 Å². The van der Waals surface area contributed by atoms with Crippen molar-refractivity contribution in [3.05, 3.63) is 0 Å². The molecule has 3 heterocycles. The molecule has 5 aliphatic rings. The average Bonchev–Trinajstić information content (AvgIpc) is 2.99. The van der Waals surface area contributed by atoms with Gasteiger partial charge in [0, 0.05) is 57.8 Å². The van der Waals surface area contributed by atoms with Gasteiger partial charge in [-0.1, -0.05) is 0 Å². The number of amides is 2. The lowest BCUT2D eigenvalue weighted by Crippen LogP contribution is -2.52. The third-order valence-corrected chi connectivity index (χ3v) is 7.86. The molecule has 28 heavy (non-hydrogen) atoms. The fourth-order valence-corrected chi connectivity index (χ4v) is 6.24. The second kappa shape index (κ2) is 7.17. The largest absolute Gasteiger partial charge is 0.450 e. The van der Waals surface area contributed by atoms with Crippen LogP contribution in [0.1, 0.15) is 32.6 Å². The van der Waals surface area contributed by atoms with Gasteiger partial charge in [0.05, 0.1) is 13.2 Å². The van der Waals surface area contributed by atoms with Gasteiger partial charge in [-0.25, -0.2) is 4.79 Å². The van der Waals surface area contributed by atoms with E-state index in [0.29, 0.717) is 42.4 Å². The summed E-state index contributed by atoms with van der Waals surface area (Å²) in [5.74, 6) is 1.81. The Bertz CT molecular complexity index is 615. The second-order valence-electron chi connectivity index (χ2n) is 9.53. The van der Waals surface area contributed by atoms with Crippen molar-refractivity contribution in [1.82, 2.24) is 14.7 Å². The van der Waals surface area contributed by atoms with Crippen molar-refractivity contribution in [2.24, 2.45) is 23.2 Å². The summed E-state index contributed by atoms with van der Waals surface area (Å²) in [6.45, 7) is 9.29. The monoisotopic (exact) mass is 391 g/mol. The van der Waals surface area contributed by atoms with E-state index in [1.807, 2.05) is 16.7 Å². The van der Waals surface area contributed by atoms with Crippen LogP contribution in [-0.4, -0.2) is 91.8 Å². The third kappa shape index (κ3) is 3.20. The van der Waals surface area contributed by atoms with Crippen LogP contribution in [-0.2, 0) is 14.3 Å². The third-order valence-electron chi connectivity index (χ3n) is 7.86. The van der Waals surface area contributed by atoms with E-state index in [2.05, 4.69) is 4.90 Å². The van der Waals surface area contributed by atoms with Crippen LogP contribution in [0.4, 0.5) is 4.79 Å². The molecule has 0 bridgehead atoms. The standard InChI is InChI=1S/C21H33N3O4/c1-2-28-20(26)23-6-4-21(14-23)10-15(11-21)24-12-16-17(13-24)18(16)19(25)22-5-3-8-27-9-7-22/h15-18H,2-14H2,1H3/t15?,16-,17+,18+,21?. The lowest BCUT2D eigenvalue weighted by Gasteiger charge is -2.49. The molecule has 2 saturated carbocycles. The van der Waals surface area contributed by atoms with Crippen molar-refractivity contribution in [2.75, 3.05) is 59.1 Å². The normalized spacial score (nSPS) is 40.2. The molecule has 1 spiro atoms.